The molecule has 116 valence electrons. The molecule has 0 saturated carbocycles. The predicted molar refractivity (Wildman–Crippen MR) is 87.7 cm³/mol. The molecule has 1 aromatic rings. The summed E-state index contributed by atoms with van der Waals surface area (Å²) in [6, 6.07) is 6.60. The molecule has 1 aliphatic heterocycles. The van der Waals surface area contributed by atoms with Crippen molar-refractivity contribution in [2.24, 2.45) is 5.73 Å². The van der Waals surface area contributed by atoms with E-state index < -0.39 is 0 Å². The van der Waals surface area contributed by atoms with Crippen LogP contribution in [0.15, 0.2) is 18.2 Å². The van der Waals surface area contributed by atoms with Crippen molar-refractivity contribution in [1.29, 1.82) is 0 Å². The molecular formula is C17H27N3O. The normalized spacial score (nSPS) is 20.6. The fraction of sp³-hybridized carbons (Fsp3) is 0.588. The monoisotopic (exact) mass is 289 g/mol. The summed E-state index contributed by atoms with van der Waals surface area (Å²) in [6.45, 7) is 5.36. The molecule has 1 fully saturated rings. The first-order valence-electron chi connectivity index (χ1n) is 7.96. The summed E-state index contributed by atoms with van der Waals surface area (Å²) in [5.41, 5.74) is 8.02. The highest BCUT2D eigenvalue weighted by molar-refractivity contribution is 5.93. The van der Waals surface area contributed by atoms with Gasteiger partial charge in [0.25, 0.3) is 0 Å². The van der Waals surface area contributed by atoms with E-state index in [0.717, 1.165) is 24.2 Å². The van der Waals surface area contributed by atoms with Gasteiger partial charge in [0.2, 0.25) is 5.91 Å². The topological polar surface area (TPSA) is 67.2 Å². The second kappa shape index (κ2) is 7.46. The SMILES string of the molecule is Cc1cc(C(N)=O)ccc1NC(C)CC1CCCCCN1. The molecule has 1 aromatic carbocycles. The summed E-state index contributed by atoms with van der Waals surface area (Å²) < 4.78 is 0. The maximum atomic E-state index is 11.2. The Hall–Kier alpha value is -1.55. The minimum atomic E-state index is -0.375. The second-order valence-corrected chi connectivity index (χ2v) is 6.18. The lowest BCUT2D eigenvalue weighted by Crippen LogP contribution is -2.33. The van der Waals surface area contributed by atoms with Crippen molar-refractivity contribution in [3.63, 3.8) is 0 Å². The molecule has 0 aromatic heterocycles. The molecule has 1 saturated heterocycles. The minimum absolute atomic E-state index is 0.375. The summed E-state index contributed by atoms with van der Waals surface area (Å²) in [7, 11) is 0. The van der Waals surface area contributed by atoms with Gasteiger partial charge in [-0.15, -0.1) is 0 Å². The van der Waals surface area contributed by atoms with E-state index in [1.165, 1.54) is 25.7 Å². The zero-order valence-electron chi connectivity index (χ0n) is 13.1. The lowest BCUT2D eigenvalue weighted by atomic mass is 10.0. The van der Waals surface area contributed by atoms with Gasteiger partial charge in [0.15, 0.2) is 0 Å². The van der Waals surface area contributed by atoms with Gasteiger partial charge in [-0.1, -0.05) is 12.8 Å². The minimum Gasteiger partial charge on any atom is -0.382 e. The molecule has 1 heterocycles. The van der Waals surface area contributed by atoms with Crippen LogP contribution in [0.4, 0.5) is 5.69 Å². The van der Waals surface area contributed by atoms with Gasteiger partial charge >= 0.3 is 0 Å². The first-order chi connectivity index (χ1) is 10.1. The Labute approximate surface area is 127 Å². The van der Waals surface area contributed by atoms with E-state index >= 15 is 0 Å². The van der Waals surface area contributed by atoms with Crippen LogP contribution >= 0.6 is 0 Å². The first kappa shape index (κ1) is 15.8. The zero-order chi connectivity index (χ0) is 15.2. The van der Waals surface area contributed by atoms with Crippen LogP contribution in [0.2, 0.25) is 0 Å². The molecule has 2 atom stereocenters. The van der Waals surface area contributed by atoms with Crippen LogP contribution in [-0.4, -0.2) is 24.5 Å². The quantitative estimate of drug-likeness (QED) is 0.781. The van der Waals surface area contributed by atoms with Crippen molar-refractivity contribution in [2.45, 2.75) is 58.0 Å². The fourth-order valence-electron chi connectivity index (χ4n) is 3.03. The number of hydrogen-bond donors (Lipinski definition) is 3. The number of carbonyl (C=O) groups excluding carboxylic acids is 1. The van der Waals surface area contributed by atoms with Crippen LogP contribution in [-0.2, 0) is 0 Å². The summed E-state index contributed by atoms with van der Waals surface area (Å²) in [4.78, 5) is 11.2. The molecule has 4 nitrogen and oxygen atoms in total. The molecule has 1 aliphatic rings. The number of rotatable bonds is 5. The fourth-order valence-corrected chi connectivity index (χ4v) is 3.03. The van der Waals surface area contributed by atoms with Crippen molar-refractivity contribution in [2.75, 3.05) is 11.9 Å². The van der Waals surface area contributed by atoms with Gasteiger partial charge in [0, 0.05) is 23.3 Å². The average Bonchev–Trinajstić information content (AvgIpc) is 2.69. The molecule has 4 heteroatoms. The van der Waals surface area contributed by atoms with Crippen LogP contribution < -0.4 is 16.4 Å². The van der Waals surface area contributed by atoms with Crippen LogP contribution in [0, 0.1) is 6.92 Å². The summed E-state index contributed by atoms with van der Waals surface area (Å²) in [5, 5.41) is 7.19. The Kier molecular flexibility index (Phi) is 5.62. The first-order valence-corrected chi connectivity index (χ1v) is 7.96. The maximum absolute atomic E-state index is 11.2. The standard InChI is InChI=1S/C17H27N3O/c1-12-10-14(17(18)21)7-8-16(12)20-13(2)11-15-6-4-3-5-9-19-15/h7-8,10,13,15,19-20H,3-6,9,11H2,1-2H3,(H2,18,21). The van der Waals surface area contributed by atoms with Crippen LogP contribution in [0.3, 0.4) is 0 Å². The lowest BCUT2D eigenvalue weighted by molar-refractivity contribution is 0.1000. The summed E-state index contributed by atoms with van der Waals surface area (Å²) in [5.74, 6) is -0.375. The predicted octanol–water partition coefficient (Wildman–Crippen LogP) is 2.82. The van der Waals surface area contributed by atoms with E-state index in [-0.39, 0.29) is 5.91 Å². The molecule has 0 radical (unpaired) electrons. The smallest absolute Gasteiger partial charge is 0.248 e. The number of hydrogen-bond acceptors (Lipinski definition) is 3. The number of primary amides is 1. The molecule has 21 heavy (non-hydrogen) atoms. The van der Waals surface area contributed by atoms with Gasteiger partial charge in [-0.05, 0) is 63.4 Å². The molecule has 2 unspecified atom stereocenters. The Morgan fingerprint density at radius 2 is 2.24 bits per heavy atom. The van der Waals surface area contributed by atoms with Crippen LogP contribution in [0.5, 0.6) is 0 Å². The second-order valence-electron chi connectivity index (χ2n) is 6.18. The van der Waals surface area contributed by atoms with Crippen molar-refractivity contribution in [3.05, 3.63) is 29.3 Å². The Balaban J connectivity index is 1.92. The number of carbonyl (C=O) groups is 1. The van der Waals surface area contributed by atoms with Crippen molar-refractivity contribution < 1.29 is 4.79 Å². The number of aryl methyl sites for hydroxylation is 1. The van der Waals surface area contributed by atoms with Crippen LogP contribution in [0.1, 0.15) is 54.9 Å². The van der Waals surface area contributed by atoms with Gasteiger partial charge < -0.3 is 16.4 Å². The van der Waals surface area contributed by atoms with Crippen molar-refractivity contribution in [3.8, 4) is 0 Å². The van der Waals surface area contributed by atoms with E-state index in [1.54, 1.807) is 6.07 Å². The lowest BCUT2D eigenvalue weighted by Gasteiger charge is -2.23. The number of nitrogens with two attached hydrogens (primary N) is 1. The molecule has 0 spiro atoms. The molecule has 1 amide bonds. The Morgan fingerprint density at radius 1 is 1.43 bits per heavy atom. The zero-order valence-corrected chi connectivity index (χ0v) is 13.1. The highest BCUT2D eigenvalue weighted by Crippen LogP contribution is 2.20. The maximum Gasteiger partial charge on any atom is 0.248 e. The largest absolute Gasteiger partial charge is 0.382 e. The van der Waals surface area contributed by atoms with E-state index in [2.05, 4.69) is 17.6 Å². The number of amides is 1. The van der Waals surface area contributed by atoms with Gasteiger partial charge in [0.05, 0.1) is 0 Å². The number of benzene rings is 1. The summed E-state index contributed by atoms with van der Waals surface area (Å²) in [6.07, 6.45) is 6.37. The van der Waals surface area contributed by atoms with Gasteiger partial charge in [-0.25, -0.2) is 0 Å². The van der Waals surface area contributed by atoms with E-state index in [4.69, 9.17) is 5.73 Å². The number of nitrogens with one attached hydrogen (secondary N) is 2. The summed E-state index contributed by atoms with van der Waals surface area (Å²) >= 11 is 0. The molecular weight excluding hydrogens is 262 g/mol. The Morgan fingerprint density at radius 3 is 2.95 bits per heavy atom. The number of anilines is 1. The third-order valence-corrected chi connectivity index (χ3v) is 4.21. The van der Waals surface area contributed by atoms with Crippen molar-refractivity contribution in [1.82, 2.24) is 5.32 Å². The van der Waals surface area contributed by atoms with E-state index in [9.17, 15) is 4.79 Å². The van der Waals surface area contributed by atoms with E-state index in [0.29, 0.717) is 17.6 Å². The van der Waals surface area contributed by atoms with Gasteiger partial charge in [-0.3, -0.25) is 4.79 Å². The third kappa shape index (κ3) is 4.74. The highest BCUT2D eigenvalue weighted by Gasteiger charge is 2.15. The Bertz CT molecular complexity index is 479. The van der Waals surface area contributed by atoms with E-state index in [1.807, 2.05) is 19.1 Å². The van der Waals surface area contributed by atoms with Gasteiger partial charge in [-0.2, -0.15) is 0 Å². The molecule has 2 rings (SSSR count). The highest BCUT2D eigenvalue weighted by atomic mass is 16.1. The molecule has 0 bridgehead atoms. The van der Waals surface area contributed by atoms with Gasteiger partial charge in [0.1, 0.15) is 0 Å². The molecule has 4 N–H and O–H groups in total. The molecule has 0 aliphatic carbocycles. The third-order valence-electron chi connectivity index (χ3n) is 4.21. The average molecular weight is 289 g/mol. The van der Waals surface area contributed by atoms with Crippen molar-refractivity contribution >= 4 is 11.6 Å². The van der Waals surface area contributed by atoms with Crippen LogP contribution in [0.25, 0.3) is 0 Å².